The van der Waals surface area contributed by atoms with Crippen LogP contribution in [-0.2, 0) is 13.0 Å². The van der Waals surface area contributed by atoms with E-state index in [1.165, 1.54) is 5.56 Å². The van der Waals surface area contributed by atoms with Gasteiger partial charge in [0, 0.05) is 30.2 Å². The predicted octanol–water partition coefficient (Wildman–Crippen LogP) is 7.54. The molecule has 0 unspecified atom stereocenters. The van der Waals surface area contributed by atoms with Crippen molar-refractivity contribution in [1.82, 2.24) is 24.3 Å². The molecule has 42 heavy (non-hydrogen) atoms. The summed E-state index contributed by atoms with van der Waals surface area (Å²) < 4.78 is 8.04. The minimum absolute atomic E-state index is 0.439. The molecule has 210 valence electrons. The summed E-state index contributed by atoms with van der Waals surface area (Å²) in [6.45, 7) is 1.42. The quantitative estimate of drug-likeness (QED) is 0.182. The number of nitrogens with one attached hydrogen (secondary N) is 1. The lowest BCUT2D eigenvalue weighted by atomic mass is 10.1. The summed E-state index contributed by atoms with van der Waals surface area (Å²) in [6, 6.07) is 32.0. The van der Waals surface area contributed by atoms with E-state index < -0.39 is 0 Å². The van der Waals surface area contributed by atoms with Gasteiger partial charge in [-0.3, -0.25) is 4.40 Å². The third-order valence-corrected chi connectivity index (χ3v) is 7.20. The molecule has 6 aromatic rings. The van der Waals surface area contributed by atoms with Crippen molar-refractivity contribution in [2.24, 2.45) is 0 Å². The summed E-state index contributed by atoms with van der Waals surface area (Å²) >= 11 is 6.71. The number of halogens is 1. The van der Waals surface area contributed by atoms with Gasteiger partial charge in [0.05, 0.1) is 22.1 Å². The SMILES string of the molecule is CN(C)CCc1cccc(Nc2nccc(-c3c(-c4ccc(OCc5ccccc5)c(Cl)c4)nc4ccccn34)n2)c1. The van der Waals surface area contributed by atoms with Gasteiger partial charge >= 0.3 is 0 Å². The Hall–Kier alpha value is -4.72. The second kappa shape index (κ2) is 12.4. The molecule has 0 saturated heterocycles. The van der Waals surface area contributed by atoms with Crippen LogP contribution in [0.25, 0.3) is 28.3 Å². The molecule has 0 radical (unpaired) electrons. The molecule has 0 bridgehead atoms. The van der Waals surface area contributed by atoms with Gasteiger partial charge in [0.15, 0.2) is 0 Å². The number of likely N-dealkylation sites (N-methyl/N-ethyl adjacent to an activating group) is 1. The first kappa shape index (κ1) is 27.4. The molecule has 1 N–H and O–H groups in total. The maximum atomic E-state index is 6.71. The van der Waals surface area contributed by atoms with Gasteiger partial charge in [-0.25, -0.2) is 15.0 Å². The second-order valence-corrected chi connectivity index (χ2v) is 10.7. The maximum absolute atomic E-state index is 6.71. The summed E-state index contributed by atoms with van der Waals surface area (Å²) in [5, 5.41) is 3.90. The summed E-state index contributed by atoms with van der Waals surface area (Å²) in [4.78, 5) is 16.6. The lowest BCUT2D eigenvalue weighted by Gasteiger charge is -2.12. The number of imidazole rings is 1. The highest BCUT2D eigenvalue weighted by Gasteiger charge is 2.19. The Morgan fingerprint density at radius 2 is 1.69 bits per heavy atom. The van der Waals surface area contributed by atoms with Gasteiger partial charge in [0.1, 0.15) is 18.0 Å². The van der Waals surface area contributed by atoms with Crippen LogP contribution in [0.3, 0.4) is 0 Å². The Morgan fingerprint density at radius 1 is 0.857 bits per heavy atom. The van der Waals surface area contributed by atoms with Crippen molar-refractivity contribution in [2.45, 2.75) is 13.0 Å². The number of hydrogen-bond donors (Lipinski definition) is 1. The van der Waals surface area contributed by atoms with Crippen molar-refractivity contribution in [3.8, 4) is 28.4 Å². The largest absolute Gasteiger partial charge is 0.487 e. The highest BCUT2D eigenvalue weighted by Crippen LogP contribution is 2.36. The van der Waals surface area contributed by atoms with Crippen LogP contribution in [0.4, 0.5) is 11.6 Å². The van der Waals surface area contributed by atoms with Crippen LogP contribution < -0.4 is 10.1 Å². The van der Waals surface area contributed by atoms with Crippen molar-refractivity contribution < 1.29 is 4.74 Å². The van der Waals surface area contributed by atoms with Crippen LogP contribution in [0.5, 0.6) is 5.75 Å². The van der Waals surface area contributed by atoms with Crippen molar-refractivity contribution in [2.75, 3.05) is 26.0 Å². The van der Waals surface area contributed by atoms with Gasteiger partial charge in [-0.15, -0.1) is 0 Å². The zero-order valence-corrected chi connectivity index (χ0v) is 24.3. The number of ether oxygens (including phenoxy) is 1. The molecule has 0 spiro atoms. The number of fused-ring (bicyclic) bond motifs is 1. The van der Waals surface area contributed by atoms with Crippen LogP contribution in [0.2, 0.25) is 5.02 Å². The molecular weight excluding hydrogens is 544 g/mol. The van der Waals surface area contributed by atoms with Crippen LogP contribution in [-0.4, -0.2) is 44.9 Å². The monoisotopic (exact) mass is 574 g/mol. The summed E-state index contributed by atoms with van der Waals surface area (Å²) in [7, 11) is 4.16. The molecule has 0 atom stereocenters. The van der Waals surface area contributed by atoms with Gasteiger partial charge in [-0.1, -0.05) is 60.1 Å². The van der Waals surface area contributed by atoms with E-state index in [-0.39, 0.29) is 0 Å². The topological polar surface area (TPSA) is 67.6 Å². The molecule has 3 heterocycles. The highest BCUT2D eigenvalue weighted by molar-refractivity contribution is 6.32. The van der Waals surface area contributed by atoms with Crippen LogP contribution in [0, 0.1) is 0 Å². The smallest absolute Gasteiger partial charge is 0.227 e. The fourth-order valence-electron chi connectivity index (χ4n) is 4.78. The standard InChI is InChI=1S/C34H31ClN6O/c1-40(2)20-17-24-11-8-12-27(21-24)37-34-36-18-16-29(38-34)33-32(39-31-13-6-7-19-41(31)33)26-14-15-30(28(35)22-26)42-23-25-9-4-3-5-10-25/h3-16,18-19,21-22H,17,20,23H2,1-2H3,(H,36,37,38). The first-order valence-corrected chi connectivity index (χ1v) is 14.2. The number of anilines is 2. The minimum atomic E-state index is 0.439. The number of rotatable bonds is 10. The lowest BCUT2D eigenvalue weighted by molar-refractivity contribution is 0.306. The molecule has 0 amide bonds. The predicted molar refractivity (Wildman–Crippen MR) is 169 cm³/mol. The van der Waals surface area contributed by atoms with Crippen molar-refractivity contribution >= 4 is 28.9 Å². The van der Waals surface area contributed by atoms with Crippen molar-refractivity contribution in [3.05, 3.63) is 126 Å². The van der Waals surface area contributed by atoms with E-state index in [1.807, 2.05) is 89.5 Å². The van der Waals surface area contributed by atoms with Gasteiger partial charge < -0.3 is 15.0 Å². The van der Waals surface area contributed by atoms with Crippen LogP contribution in [0.15, 0.2) is 109 Å². The number of aromatic nitrogens is 4. The number of benzene rings is 3. The Kier molecular flexibility index (Phi) is 8.12. The molecule has 0 aliphatic carbocycles. The van der Waals surface area contributed by atoms with Crippen LogP contribution in [0.1, 0.15) is 11.1 Å². The molecule has 0 aliphatic heterocycles. The third-order valence-electron chi connectivity index (χ3n) is 6.90. The molecule has 0 saturated carbocycles. The normalized spacial score (nSPS) is 11.2. The zero-order valence-electron chi connectivity index (χ0n) is 23.5. The second-order valence-electron chi connectivity index (χ2n) is 10.3. The van der Waals surface area contributed by atoms with E-state index in [4.69, 9.17) is 26.3 Å². The molecule has 3 aromatic carbocycles. The molecular formula is C34H31ClN6O. The van der Waals surface area contributed by atoms with Gasteiger partial charge in [0.25, 0.3) is 0 Å². The van der Waals surface area contributed by atoms with Gasteiger partial charge in [-0.2, -0.15) is 0 Å². The molecule has 7 nitrogen and oxygen atoms in total. The number of nitrogens with zero attached hydrogens (tertiary/aromatic N) is 5. The lowest BCUT2D eigenvalue weighted by Crippen LogP contribution is -2.15. The fraction of sp³-hybridized carbons (Fsp3) is 0.147. The Morgan fingerprint density at radius 3 is 2.52 bits per heavy atom. The molecule has 8 heteroatoms. The Labute approximate surface area is 250 Å². The zero-order chi connectivity index (χ0) is 28.9. The van der Waals surface area contributed by atoms with Gasteiger partial charge in [0.2, 0.25) is 5.95 Å². The molecule has 0 fully saturated rings. The van der Waals surface area contributed by atoms with E-state index in [0.717, 1.165) is 52.5 Å². The van der Waals surface area contributed by atoms with Crippen molar-refractivity contribution in [1.29, 1.82) is 0 Å². The van der Waals surface area contributed by atoms with Crippen LogP contribution >= 0.6 is 11.6 Å². The Balaban J connectivity index is 1.31. The molecule has 6 rings (SSSR count). The first-order valence-electron chi connectivity index (χ1n) is 13.8. The Bertz CT molecular complexity index is 1820. The molecule has 0 aliphatic rings. The third kappa shape index (κ3) is 6.28. The average Bonchev–Trinajstić information content (AvgIpc) is 3.40. The highest BCUT2D eigenvalue weighted by atomic mass is 35.5. The fourth-order valence-corrected chi connectivity index (χ4v) is 5.01. The first-order chi connectivity index (χ1) is 20.5. The van der Waals surface area contributed by atoms with E-state index in [1.54, 1.807) is 6.20 Å². The molecule has 3 aromatic heterocycles. The summed E-state index contributed by atoms with van der Waals surface area (Å²) in [5.74, 6) is 1.13. The van der Waals surface area contributed by atoms with E-state index in [2.05, 4.69) is 47.5 Å². The van der Waals surface area contributed by atoms with E-state index >= 15 is 0 Å². The summed E-state index contributed by atoms with van der Waals surface area (Å²) in [5.41, 5.74) is 7.32. The number of hydrogen-bond acceptors (Lipinski definition) is 6. The minimum Gasteiger partial charge on any atom is -0.487 e. The van der Waals surface area contributed by atoms with Gasteiger partial charge in [-0.05, 0) is 80.2 Å². The van der Waals surface area contributed by atoms with E-state index in [0.29, 0.717) is 23.3 Å². The summed E-state index contributed by atoms with van der Waals surface area (Å²) in [6.07, 6.45) is 4.72. The average molecular weight is 575 g/mol. The number of pyridine rings is 1. The van der Waals surface area contributed by atoms with E-state index in [9.17, 15) is 0 Å². The maximum Gasteiger partial charge on any atom is 0.227 e. The van der Waals surface area contributed by atoms with Crippen molar-refractivity contribution in [3.63, 3.8) is 0 Å².